The number of sulfonamides is 1. The lowest BCUT2D eigenvalue weighted by molar-refractivity contribution is 0.0474. The van der Waals surface area contributed by atoms with Crippen LogP contribution in [0.4, 0.5) is 0 Å². The molecule has 0 saturated carbocycles. The van der Waals surface area contributed by atoms with Crippen LogP contribution >= 0.6 is 0 Å². The zero-order chi connectivity index (χ0) is 21.7. The van der Waals surface area contributed by atoms with E-state index < -0.39 is 28.4 Å². The Morgan fingerprint density at radius 1 is 0.967 bits per heavy atom. The van der Waals surface area contributed by atoms with Crippen molar-refractivity contribution in [1.29, 1.82) is 0 Å². The second kappa shape index (κ2) is 9.27. The van der Waals surface area contributed by atoms with Crippen molar-refractivity contribution in [2.24, 2.45) is 0 Å². The Kier molecular flexibility index (Phi) is 6.73. The minimum Gasteiger partial charge on any atom is -0.497 e. The molecule has 0 aliphatic carbocycles. The number of methoxy groups -OCH3 is 2. The Labute approximate surface area is 175 Å². The van der Waals surface area contributed by atoms with Gasteiger partial charge in [-0.15, -0.1) is 0 Å². The lowest BCUT2D eigenvalue weighted by Gasteiger charge is -2.15. The number of nitrogens with zero attached hydrogens (tertiary/aromatic N) is 1. The van der Waals surface area contributed by atoms with Crippen molar-refractivity contribution in [1.82, 2.24) is 4.31 Å². The average molecular weight is 433 g/mol. The molecule has 0 spiro atoms. The highest BCUT2D eigenvalue weighted by Crippen LogP contribution is 2.25. The summed E-state index contributed by atoms with van der Waals surface area (Å²) in [5.74, 6) is -0.365. The Balaban J connectivity index is 1.66. The monoisotopic (exact) mass is 433 g/mol. The lowest BCUT2D eigenvalue weighted by Crippen LogP contribution is -2.27. The molecule has 1 saturated heterocycles. The van der Waals surface area contributed by atoms with E-state index in [1.807, 2.05) is 0 Å². The topological polar surface area (TPSA) is 99.2 Å². The highest BCUT2D eigenvalue weighted by Gasteiger charge is 2.27. The lowest BCUT2D eigenvalue weighted by atomic mass is 10.1. The van der Waals surface area contributed by atoms with E-state index in [1.54, 1.807) is 12.1 Å². The fourth-order valence-electron chi connectivity index (χ4n) is 3.16. The number of esters is 1. The molecule has 1 aliphatic rings. The summed E-state index contributed by atoms with van der Waals surface area (Å²) in [4.78, 5) is 24.9. The molecule has 0 atom stereocenters. The molecule has 9 heteroatoms. The number of ether oxygens (including phenoxy) is 3. The first-order chi connectivity index (χ1) is 14.4. The Bertz CT molecular complexity index is 1030. The van der Waals surface area contributed by atoms with E-state index in [0.717, 1.165) is 12.8 Å². The van der Waals surface area contributed by atoms with Crippen LogP contribution in [0.1, 0.15) is 33.6 Å². The first-order valence-corrected chi connectivity index (χ1v) is 10.8. The quantitative estimate of drug-likeness (QED) is 0.466. The zero-order valence-corrected chi connectivity index (χ0v) is 17.6. The van der Waals surface area contributed by atoms with Crippen LogP contribution < -0.4 is 9.47 Å². The molecule has 160 valence electrons. The van der Waals surface area contributed by atoms with Crippen molar-refractivity contribution in [3.05, 3.63) is 53.6 Å². The molecular weight excluding hydrogens is 410 g/mol. The minimum atomic E-state index is -3.56. The van der Waals surface area contributed by atoms with Crippen molar-refractivity contribution >= 4 is 21.8 Å². The Morgan fingerprint density at radius 3 is 2.23 bits per heavy atom. The summed E-state index contributed by atoms with van der Waals surface area (Å²) in [6.07, 6.45) is 1.69. The van der Waals surface area contributed by atoms with E-state index in [2.05, 4.69) is 0 Å². The second-order valence-corrected chi connectivity index (χ2v) is 8.64. The molecule has 2 aromatic rings. The largest absolute Gasteiger partial charge is 0.497 e. The van der Waals surface area contributed by atoms with Gasteiger partial charge in [-0.05, 0) is 55.3 Å². The van der Waals surface area contributed by atoms with Crippen molar-refractivity contribution < 1.29 is 32.2 Å². The number of carbonyl (C=O) groups is 2. The summed E-state index contributed by atoms with van der Waals surface area (Å²) >= 11 is 0. The third kappa shape index (κ3) is 4.63. The highest BCUT2D eigenvalue weighted by molar-refractivity contribution is 7.89. The molecule has 30 heavy (non-hydrogen) atoms. The first kappa shape index (κ1) is 21.8. The van der Waals surface area contributed by atoms with Gasteiger partial charge in [0, 0.05) is 13.1 Å². The van der Waals surface area contributed by atoms with E-state index in [-0.39, 0.29) is 16.0 Å². The van der Waals surface area contributed by atoms with Crippen molar-refractivity contribution in [2.45, 2.75) is 17.7 Å². The predicted octanol–water partition coefficient (Wildman–Crippen LogP) is 2.53. The maximum absolute atomic E-state index is 12.5. The van der Waals surface area contributed by atoms with Crippen molar-refractivity contribution in [3.8, 4) is 11.5 Å². The van der Waals surface area contributed by atoms with Crippen LogP contribution in [0.2, 0.25) is 0 Å². The molecule has 0 unspecified atom stereocenters. The molecule has 1 aliphatic heterocycles. The molecule has 1 heterocycles. The van der Waals surface area contributed by atoms with Gasteiger partial charge in [-0.3, -0.25) is 4.79 Å². The maximum Gasteiger partial charge on any atom is 0.338 e. The van der Waals surface area contributed by atoms with E-state index in [4.69, 9.17) is 14.2 Å². The fourth-order valence-corrected chi connectivity index (χ4v) is 4.68. The molecule has 0 aromatic heterocycles. The number of benzene rings is 2. The summed E-state index contributed by atoms with van der Waals surface area (Å²) < 4.78 is 41.9. The Morgan fingerprint density at radius 2 is 1.63 bits per heavy atom. The highest BCUT2D eigenvalue weighted by atomic mass is 32.2. The van der Waals surface area contributed by atoms with Crippen LogP contribution in [-0.2, 0) is 14.8 Å². The fraction of sp³-hybridized carbons (Fsp3) is 0.333. The van der Waals surface area contributed by atoms with Crippen LogP contribution in [0.25, 0.3) is 0 Å². The van der Waals surface area contributed by atoms with E-state index in [9.17, 15) is 18.0 Å². The van der Waals surface area contributed by atoms with Crippen LogP contribution in [0.3, 0.4) is 0 Å². The summed E-state index contributed by atoms with van der Waals surface area (Å²) in [6, 6.07) is 10.2. The number of carbonyl (C=O) groups excluding carboxylic acids is 2. The van der Waals surface area contributed by atoms with E-state index in [1.165, 1.54) is 48.9 Å². The second-order valence-electron chi connectivity index (χ2n) is 6.70. The third-order valence-electron chi connectivity index (χ3n) is 4.83. The summed E-state index contributed by atoms with van der Waals surface area (Å²) in [5, 5.41) is 0. The molecule has 0 N–H and O–H groups in total. The number of rotatable bonds is 8. The molecular formula is C21H23NO7S. The molecule has 0 radical (unpaired) electrons. The third-order valence-corrected chi connectivity index (χ3v) is 6.75. The van der Waals surface area contributed by atoms with Gasteiger partial charge in [0.2, 0.25) is 15.8 Å². The van der Waals surface area contributed by atoms with Gasteiger partial charge in [0.05, 0.1) is 30.2 Å². The summed E-state index contributed by atoms with van der Waals surface area (Å²) in [5.41, 5.74) is 0.387. The number of ketones is 1. The smallest absolute Gasteiger partial charge is 0.338 e. The normalized spacial score (nSPS) is 14.3. The van der Waals surface area contributed by atoms with Crippen LogP contribution in [0.15, 0.2) is 47.4 Å². The molecule has 8 nitrogen and oxygen atoms in total. The van der Waals surface area contributed by atoms with Gasteiger partial charge in [-0.25, -0.2) is 13.2 Å². The number of Topliss-reactive ketones (excluding diaryl/α,β-unsaturated/α-hetero) is 1. The van der Waals surface area contributed by atoms with Crippen LogP contribution in [0.5, 0.6) is 11.5 Å². The Hall–Kier alpha value is -2.91. The van der Waals surface area contributed by atoms with Gasteiger partial charge < -0.3 is 14.2 Å². The standard InChI is InChI=1S/C21H23NO7S/c1-27-16-7-10-20(28-2)18(13-16)19(23)14-29-21(24)15-5-8-17(9-6-15)30(25,26)22-11-3-4-12-22/h5-10,13H,3-4,11-12,14H2,1-2H3. The number of hydrogen-bond donors (Lipinski definition) is 0. The summed E-state index contributed by atoms with van der Waals surface area (Å²) in [6.45, 7) is 0.514. The van der Waals surface area contributed by atoms with Gasteiger partial charge in [-0.1, -0.05) is 0 Å². The van der Waals surface area contributed by atoms with Gasteiger partial charge >= 0.3 is 5.97 Å². The van der Waals surface area contributed by atoms with E-state index in [0.29, 0.717) is 24.6 Å². The predicted molar refractivity (Wildman–Crippen MR) is 109 cm³/mol. The van der Waals surface area contributed by atoms with Gasteiger partial charge in [0.25, 0.3) is 0 Å². The summed E-state index contributed by atoms with van der Waals surface area (Å²) in [7, 11) is -0.647. The molecule has 2 aromatic carbocycles. The zero-order valence-electron chi connectivity index (χ0n) is 16.8. The first-order valence-electron chi connectivity index (χ1n) is 9.39. The SMILES string of the molecule is COc1ccc(OC)c(C(=O)COC(=O)c2ccc(S(=O)(=O)N3CCCC3)cc2)c1. The van der Waals surface area contributed by atoms with Gasteiger partial charge in [0.1, 0.15) is 11.5 Å². The van der Waals surface area contributed by atoms with Crippen LogP contribution in [0, 0.1) is 0 Å². The van der Waals surface area contributed by atoms with Gasteiger partial charge in [0.15, 0.2) is 6.61 Å². The van der Waals surface area contributed by atoms with E-state index >= 15 is 0 Å². The maximum atomic E-state index is 12.5. The van der Waals surface area contributed by atoms with Crippen molar-refractivity contribution in [3.63, 3.8) is 0 Å². The number of hydrogen-bond acceptors (Lipinski definition) is 7. The molecule has 0 bridgehead atoms. The average Bonchev–Trinajstić information content (AvgIpc) is 3.32. The van der Waals surface area contributed by atoms with Crippen molar-refractivity contribution in [2.75, 3.05) is 33.9 Å². The molecule has 3 rings (SSSR count). The molecule has 1 fully saturated rings. The molecule has 0 amide bonds. The van der Waals surface area contributed by atoms with Gasteiger partial charge in [-0.2, -0.15) is 4.31 Å². The van der Waals surface area contributed by atoms with Crippen LogP contribution in [-0.4, -0.2) is 58.4 Å². The minimum absolute atomic E-state index is 0.123.